The van der Waals surface area contributed by atoms with Crippen molar-refractivity contribution in [3.05, 3.63) is 12.2 Å². The van der Waals surface area contributed by atoms with E-state index in [9.17, 15) is 4.79 Å². The van der Waals surface area contributed by atoms with Crippen LogP contribution in [0.4, 0.5) is 0 Å². The topological polar surface area (TPSA) is 89.1 Å². The fourth-order valence-corrected chi connectivity index (χ4v) is 2.21. The van der Waals surface area contributed by atoms with Crippen LogP contribution in [0, 0.1) is 0 Å². The van der Waals surface area contributed by atoms with E-state index in [4.69, 9.17) is 5.73 Å². The van der Waals surface area contributed by atoms with Gasteiger partial charge in [0.1, 0.15) is 12.2 Å². The summed E-state index contributed by atoms with van der Waals surface area (Å²) in [7, 11) is 0. The minimum atomic E-state index is -0.281. The maximum Gasteiger partial charge on any atom is 0.234 e. The molecule has 7 heteroatoms. The number of carbonyl (C=O) groups excluding carboxylic acids is 1. The third-order valence-corrected chi connectivity index (χ3v) is 3.25. The SMILES string of the molecule is CCNC(CCN1CCn2cnnc2C1)C(N)=O. The molecule has 0 aliphatic carbocycles. The molecule has 100 valence electrons. The monoisotopic (exact) mass is 252 g/mol. The van der Waals surface area contributed by atoms with Crippen molar-refractivity contribution in [1.82, 2.24) is 25.0 Å². The van der Waals surface area contributed by atoms with Gasteiger partial charge in [0.25, 0.3) is 0 Å². The average Bonchev–Trinajstić information content (AvgIpc) is 2.81. The molecule has 0 radical (unpaired) electrons. The summed E-state index contributed by atoms with van der Waals surface area (Å²) in [5, 5.41) is 11.1. The molecule has 0 saturated carbocycles. The molecule has 7 nitrogen and oxygen atoms in total. The molecule has 0 fully saturated rings. The molecule has 1 aromatic rings. The number of nitrogens with two attached hydrogens (primary N) is 1. The van der Waals surface area contributed by atoms with Crippen LogP contribution in [0.2, 0.25) is 0 Å². The van der Waals surface area contributed by atoms with Crippen molar-refractivity contribution < 1.29 is 4.79 Å². The van der Waals surface area contributed by atoms with Crippen molar-refractivity contribution in [2.75, 3.05) is 19.6 Å². The molecule has 2 heterocycles. The molecule has 0 saturated heterocycles. The Morgan fingerprint density at radius 3 is 3.17 bits per heavy atom. The molecule has 18 heavy (non-hydrogen) atoms. The zero-order chi connectivity index (χ0) is 13.0. The molecule has 1 unspecified atom stereocenters. The van der Waals surface area contributed by atoms with Crippen LogP contribution in [-0.2, 0) is 17.9 Å². The normalized spacial score (nSPS) is 17.4. The summed E-state index contributed by atoms with van der Waals surface area (Å²) in [6.45, 7) is 6.22. The van der Waals surface area contributed by atoms with E-state index in [1.807, 2.05) is 6.92 Å². The van der Waals surface area contributed by atoms with Crippen LogP contribution in [0.1, 0.15) is 19.2 Å². The second-order valence-corrected chi connectivity index (χ2v) is 4.52. The van der Waals surface area contributed by atoms with Gasteiger partial charge < -0.3 is 15.6 Å². The first kappa shape index (κ1) is 13.0. The van der Waals surface area contributed by atoms with E-state index in [2.05, 4.69) is 25.0 Å². The van der Waals surface area contributed by atoms with Crippen LogP contribution in [0.15, 0.2) is 6.33 Å². The van der Waals surface area contributed by atoms with E-state index >= 15 is 0 Å². The summed E-state index contributed by atoms with van der Waals surface area (Å²) >= 11 is 0. The second kappa shape index (κ2) is 5.92. The maximum atomic E-state index is 11.2. The van der Waals surface area contributed by atoms with Crippen molar-refractivity contribution in [3.8, 4) is 0 Å². The van der Waals surface area contributed by atoms with Crippen molar-refractivity contribution in [2.45, 2.75) is 32.5 Å². The minimum Gasteiger partial charge on any atom is -0.368 e. The first-order chi connectivity index (χ1) is 8.70. The third-order valence-electron chi connectivity index (χ3n) is 3.25. The Hall–Kier alpha value is -1.47. The number of aromatic nitrogens is 3. The fourth-order valence-electron chi connectivity index (χ4n) is 2.21. The predicted octanol–water partition coefficient (Wildman–Crippen LogP) is -1.05. The lowest BCUT2D eigenvalue weighted by atomic mass is 10.1. The molecular weight excluding hydrogens is 232 g/mol. The first-order valence-corrected chi connectivity index (χ1v) is 6.32. The Bertz CT molecular complexity index is 404. The number of rotatable bonds is 6. The van der Waals surface area contributed by atoms with Crippen LogP contribution in [0.5, 0.6) is 0 Å². The number of hydrogen-bond acceptors (Lipinski definition) is 5. The van der Waals surface area contributed by atoms with Crippen LogP contribution >= 0.6 is 0 Å². The quantitative estimate of drug-likeness (QED) is 0.674. The summed E-state index contributed by atoms with van der Waals surface area (Å²) < 4.78 is 2.06. The highest BCUT2D eigenvalue weighted by atomic mass is 16.1. The molecule has 0 aromatic carbocycles. The van der Waals surface area contributed by atoms with Gasteiger partial charge in [-0.3, -0.25) is 9.69 Å². The maximum absolute atomic E-state index is 11.2. The number of nitrogens with one attached hydrogen (secondary N) is 1. The third kappa shape index (κ3) is 3.05. The zero-order valence-corrected chi connectivity index (χ0v) is 10.7. The Morgan fingerprint density at radius 1 is 1.61 bits per heavy atom. The van der Waals surface area contributed by atoms with Gasteiger partial charge in [-0.15, -0.1) is 10.2 Å². The molecular formula is C11H20N6O. The highest BCUT2D eigenvalue weighted by molar-refractivity contribution is 5.79. The highest BCUT2D eigenvalue weighted by Gasteiger charge is 2.20. The van der Waals surface area contributed by atoms with E-state index < -0.39 is 0 Å². The van der Waals surface area contributed by atoms with Gasteiger partial charge in [-0.25, -0.2) is 0 Å². The average molecular weight is 252 g/mol. The lowest BCUT2D eigenvalue weighted by molar-refractivity contribution is -0.120. The predicted molar refractivity (Wildman–Crippen MR) is 66.6 cm³/mol. The summed E-state index contributed by atoms with van der Waals surface area (Å²) in [4.78, 5) is 13.5. The number of hydrogen-bond donors (Lipinski definition) is 2. The molecule has 1 atom stereocenters. The summed E-state index contributed by atoms with van der Waals surface area (Å²) in [6.07, 6.45) is 2.49. The number of carbonyl (C=O) groups is 1. The van der Waals surface area contributed by atoms with Crippen LogP contribution in [0.25, 0.3) is 0 Å². The van der Waals surface area contributed by atoms with Gasteiger partial charge in [0.2, 0.25) is 5.91 Å². The molecule has 1 aromatic heterocycles. The Morgan fingerprint density at radius 2 is 2.44 bits per heavy atom. The number of nitrogens with zero attached hydrogens (tertiary/aromatic N) is 4. The Labute approximate surface area is 106 Å². The zero-order valence-electron chi connectivity index (χ0n) is 10.7. The van der Waals surface area contributed by atoms with E-state index in [1.165, 1.54) is 0 Å². The first-order valence-electron chi connectivity index (χ1n) is 6.32. The van der Waals surface area contributed by atoms with Gasteiger partial charge in [-0.1, -0.05) is 6.92 Å². The van der Waals surface area contributed by atoms with Crippen molar-refractivity contribution in [1.29, 1.82) is 0 Å². The lowest BCUT2D eigenvalue weighted by Crippen LogP contribution is -2.44. The Balaban J connectivity index is 1.82. The molecule has 1 aliphatic heterocycles. The molecule has 1 amide bonds. The van der Waals surface area contributed by atoms with Gasteiger partial charge in [0.15, 0.2) is 0 Å². The number of fused-ring (bicyclic) bond motifs is 1. The summed E-state index contributed by atoms with van der Waals surface area (Å²) in [5.74, 6) is 0.706. The molecule has 0 spiro atoms. The van der Waals surface area contributed by atoms with Gasteiger partial charge >= 0.3 is 0 Å². The van der Waals surface area contributed by atoms with Gasteiger partial charge in [0.05, 0.1) is 12.6 Å². The summed E-state index contributed by atoms with van der Waals surface area (Å²) in [5.41, 5.74) is 5.35. The minimum absolute atomic E-state index is 0.241. The fraction of sp³-hybridized carbons (Fsp3) is 0.727. The number of likely N-dealkylation sites (N-methyl/N-ethyl adjacent to an activating group) is 1. The van der Waals surface area contributed by atoms with E-state index in [0.717, 1.165) is 45.0 Å². The van der Waals surface area contributed by atoms with Crippen molar-refractivity contribution >= 4 is 5.91 Å². The van der Waals surface area contributed by atoms with Gasteiger partial charge in [-0.2, -0.15) is 0 Å². The summed E-state index contributed by atoms with van der Waals surface area (Å²) in [6, 6.07) is -0.241. The molecule has 0 bridgehead atoms. The number of primary amides is 1. The number of amides is 1. The van der Waals surface area contributed by atoms with Crippen LogP contribution in [0.3, 0.4) is 0 Å². The van der Waals surface area contributed by atoms with E-state index in [0.29, 0.717) is 0 Å². The standard InChI is InChI=1S/C11H20N6O/c1-2-13-9(11(12)18)3-4-16-5-6-17-8-14-15-10(17)7-16/h8-9,13H,2-7H2,1H3,(H2,12,18). The molecule has 2 rings (SSSR count). The molecule has 3 N–H and O–H groups in total. The Kier molecular flexibility index (Phi) is 4.27. The van der Waals surface area contributed by atoms with Crippen molar-refractivity contribution in [2.24, 2.45) is 5.73 Å². The van der Waals surface area contributed by atoms with Crippen LogP contribution < -0.4 is 11.1 Å². The largest absolute Gasteiger partial charge is 0.368 e. The van der Waals surface area contributed by atoms with Gasteiger partial charge in [-0.05, 0) is 13.0 Å². The van der Waals surface area contributed by atoms with Crippen LogP contribution in [-0.4, -0.2) is 51.2 Å². The second-order valence-electron chi connectivity index (χ2n) is 4.52. The van der Waals surface area contributed by atoms with E-state index in [1.54, 1.807) is 6.33 Å². The van der Waals surface area contributed by atoms with Gasteiger partial charge in [0, 0.05) is 19.6 Å². The lowest BCUT2D eigenvalue weighted by Gasteiger charge is -2.28. The smallest absolute Gasteiger partial charge is 0.234 e. The van der Waals surface area contributed by atoms with E-state index in [-0.39, 0.29) is 11.9 Å². The molecule has 1 aliphatic rings. The highest BCUT2D eigenvalue weighted by Crippen LogP contribution is 2.09. The van der Waals surface area contributed by atoms with Crippen molar-refractivity contribution in [3.63, 3.8) is 0 Å².